The lowest BCUT2D eigenvalue weighted by atomic mass is 10.1. The Morgan fingerprint density at radius 3 is 1.95 bits per heavy atom. The Morgan fingerprint density at radius 1 is 0.810 bits per heavy atom. The lowest BCUT2D eigenvalue weighted by molar-refractivity contribution is 0.102. The standard InChI is InChI=1S/C15H18N6.C14H16N6O/c1-9(2)12-8-14(20-21-6-5-16-15(12)21)19-13-7-10(3)17-11(4)18-13;1-9(2)11-6-12(18-20-5-4-15-13(11)20)17-14(21)10-7-16-19(3)8-10/h5-9H,1-4H3,(H,17,18,19,20);4-9H,1-3H3,(H,17,18,21). The first-order valence-electron chi connectivity index (χ1n) is 13.6. The lowest BCUT2D eigenvalue weighted by Crippen LogP contribution is -2.14. The number of nitrogens with zero attached hydrogens (tertiary/aromatic N) is 10. The minimum absolute atomic E-state index is 0.232. The maximum Gasteiger partial charge on any atom is 0.260 e. The van der Waals surface area contributed by atoms with E-state index in [4.69, 9.17) is 0 Å². The fraction of sp³-hybridized carbons (Fsp3) is 0.310. The van der Waals surface area contributed by atoms with Crippen LogP contribution in [-0.4, -0.2) is 54.9 Å². The van der Waals surface area contributed by atoms with Crippen LogP contribution in [0.1, 0.15) is 72.5 Å². The van der Waals surface area contributed by atoms with Crippen LogP contribution < -0.4 is 10.6 Å². The lowest BCUT2D eigenvalue weighted by Gasteiger charge is -2.11. The number of carbonyl (C=O) groups excluding carboxylic acids is 1. The Kier molecular flexibility index (Phi) is 7.91. The summed E-state index contributed by atoms with van der Waals surface area (Å²) in [6.07, 6.45) is 10.3. The normalized spacial score (nSPS) is 11.3. The number of hydrogen-bond donors (Lipinski definition) is 2. The van der Waals surface area contributed by atoms with Gasteiger partial charge in [-0.25, -0.2) is 29.0 Å². The van der Waals surface area contributed by atoms with Crippen molar-refractivity contribution < 1.29 is 4.79 Å². The van der Waals surface area contributed by atoms with Crippen molar-refractivity contribution in [1.82, 2.24) is 48.9 Å². The Balaban J connectivity index is 0.000000168. The van der Waals surface area contributed by atoms with E-state index in [0.717, 1.165) is 45.6 Å². The maximum atomic E-state index is 12.2. The van der Waals surface area contributed by atoms with Gasteiger partial charge in [0.2, 0.25) is 0 Å². The highest BCUT2D eigenvalue weighted by molar-refractivity contribution is 6.03. The third-order valence-corrected chi connectivity index (χ3v) is 6.45. The highest BCUT2D eigenvalue weighted by Gasteiger charge is 2.14. The van der Waals surface area contributed by atoms with Gasteiger partial charge in [-0.1, -0.05) is 27.7 Å². The second-order valence-electron chi connectivity index (χ2n) is 10.6. The molecule has 0 radical (unpaired) electrons. The van der Waals surface area contributed by atoms with Crippen LogP contribution in [0.5, 0.6) is 0 Å². The molecule has 1 amide bonds. The van der Waals surface area contributed by atoms with E-state index in [1.807, 2.05) is 38.2 Å². The van der Waals surface area contributed by atoms with Crippen molar-refractivity contribution in [3.63, 3.8) is 0 Å². The van der Waals surface area contributed by atoms with Crippen LogP contribution in [0.3, 0.4) is 0 Å². The van der Waals surface area contributed by atoms with Gasteiger partial charge in [0.15, 0.2) is 22.9 Å². The number of fused-ring (bicyclic) bond motifs is 2. The summed E-state index contributed by atoms with van der Waals surface area (Å²) in [5, 5.41) is 18.9. The van der Waals surface area contributed by atoms with Crippen LogP contribution in [0.4, 0.5) is 17.5 Å². The highest BCUT2D eigenvalue weighted by atomic mass is 16.1. The van der Waals surface area contributed by atoms with Gasteiger partial charge in [0.1, 0.15) is 11.6 Å². The van der Waals surface area contributed by atoms with Crippen LogP contribution in [0, 0.1) is 13.8 Å². The summed E-state index contributed by atoms with van der Waals surface area (Å²) < 4.78 is 5.05. The van der Waals surface area contributed by atoms with E-state index in [2.05, 4.69) is 73.6 Å². The first-order chi connectivity index (χ1) is 20.1. The van der Waals surface area contributed by atoms with Gasteiger partial charge in [-0.05, 0) is 37.8 Å². The largest absolute Gasteiger partial charge is 0.323 e. The van der Waals surface area contributed by atoms with Gasteiger partial charge in [-0.2, -0.15) is 5.10 Å². The molecule has 0 bridgehead atoms. The zero-order chi connectivity index (χ0) is 30.0. The Hall–Kier alpha value is -5.20. The van der Waals surface area contributed by atoms with Crippen LogP contribution in [0.25, 0.3) is 11.3 Å². The fourth-order valence-corrected chi connectivity index (χ4v) is 4.49. The predicted octanol–water partition coefficient (Wildman–Crippen LogP) is 4.84. The SMILES string of the molecule is CC(C)c1cc(NC(=O)c2cnn(C)c2)nn2ccnc12.Cc1cc(Nc2cc(C(C)C)c3nccn3n2)nc(C)n1. The molecule has 6 aromatic rings. The number of rotatable bonds is 6. The predicted molar refractivity (Wildman–Crippen MR) is 160 cm³/mol. The topological polar surface area (TPSA) is 145 Å². The zero-order valence-electron chi connectivity index (χ0n) is 24.7. The van der Waals surface area contributed by atoms with Crippen LogP contribution in [0.15, 0.2) is 55.4 Å². The fourth-order valence-electron chi connectivity index (χ4n) is 4.49. The van der Waals surface area contributed by atoms with Crippen LogP contribution >= 0.6 is 0 Å². The Labute approximate surface area is 243 Å². The summed E-state index contributed by atoms with van der Waals surface area (Å²) in [6, 6.07) is 5.79. The number of hydrogen-bond acceptors (Lipinski definition) is 9. The molecule has 0 aliphatic carbocycles. The van der Waals surface area contributed by atoms with Crippen molar-refractivity contribution in [1.29, 1.82) is 0 Å². The van der Waals surface area contributed by atoms with Crippen molar-refractivity contribution in [2.45, 2.75) is 53.4 Å². The number of anilines is 3. The Morgan fingerprint density at radius 2 is 1.40 bits per heavy atom. The van der Waals surface area contributed by atoms with Crippen molar-refractivity contribution in [2.75, 3.05) is 10.6 Å². The molecule has 0 saturated heterocycles. The van der Waals surface area contributed by atoms with E-state index in [9.17, 15) is 4.79 Å². The number of aromatic nitrogens is 10. The van der Waals surface area contributed by atoms with Crippen molar-refractivity contribution in [3.05, 3.63) is 83.6 Å². The van der Waals surface area contributed by atoms with Gasteiger partial charge < -0.3 is 10.6 Å². The molecule has 0 saturated carbocycles. The first-order valence-corrected chi connectivity index (χ1v) is 13.6. The molecule has 0 aliphatic rings. The molecule has 0 unspecified atom stereocenters. The molecule has 13 heteroatoms. The van der Waals surface area contributed by atoms with Gasteiger partial charge in [-0.3, -0.25) is 9.48 Å². The third kappa shape index (κ3) is 6.24. The third-order valence-electron chi connectivity index (χ3n) is 6.45. The van der Waals surface area contributed by atoms with Gasteiger partial charge in [0.05, 0.1) is 11.8 Å². The minimum Gasteiger partial charge on any atom is -0.323 e. The molecule has 2 N–H and O–H groups in total. The quantitative estimate of drug-likeness (QED) is 0.289. The van der Waals surface area contributed by atoms with Gasteiger partial charge in [-0.15, -0.1) is 10.2 Å². The monoisotopic (exact) mass is 566 g/mol. The number of aryl methyl sites for hydroxylation is 3. The molecule has 0 spiro atoms. The van der Waals surface area contributed by atoms with Crippen molar-refractivity contribution in [3.8, 4) is 0 Å². The first kappa shape index (κ1) is 28.3. The molecule has 6 aromatic heterocycles. The second-order valence-corrected chi connectivity index (χ2v) is 10.6. The van der Waals surface area contributed by atoms with Gasteiger partial charge in [0.25, 0.3) is 5.91 Å². The highest BCUT2D eigenvalue weighted by Crippen LogP contribution is 2.24. The molecule has 0 atom stereocenters. The molecule has 6 heterocycles. The van der Waals surface area contributed by atoms with E-state index >= 15 is 0 Å². The van der Waals surface area contributed by atoms with E-state index in [1.165, 1.54) is 6.20 Å². The molecular weight excluding hydrogens is 532 g/mol. The van der Waals surface area contributed by atoms with E-state index in [0.29, 0.717) is 17.3 Å². The summed E-state index contributed by atoms with van der Waals surface area (Å²) in [4.78, 5) is 29.5. The van der Waals surface area contributed by atoms with Crippen molar-refractivity contribution >= 4 is 34.7 Å². The van der Waals surface area contributed by atoms with Gasteiger partial charge >= 0.3 is 0 Å². The van der Waals surface area contributed by atoms with E-state index < -0.39 is 0 Å². The number of carbonyl (C=O) groups is 1. The minimum atomic E-state index is -0.232. The van der Waals surface area contributed by atoms with Crippen LogP contribution in [0.2, 0.25) is 0 Å². The zero-order valence-corrected chi connectivity index (χ0v) is 24.7. The molecule has 0 fully saturated rings. The number of nitrogens with one attached hydrogen (secondary N) is 2. The van der Waals surface area contributed by atoms with Crippen LogP contribution in [-0.2, 0) is 7.05 Å². The van der Waals surface area contributed by atoms with Gasteiger partial charge in [0, 0.05) is 60.9 Å². The van der Waals surface area contributed by atoms with E-state index in [1.54, 1.807) is 45.5 Å². The summed E-state index contributed by atoms with van der Waals surface area (Å²) >= 11 is 0. The number of amides is 1. The number of imidazole rings is 2. The average molecular weight is 567 g/mol. The molecule has 0 aliphatic heterocycles. The summed E-state index contributed by atoms with van der Waals surface area (Å²) in [5.41, 5.74) is 5.32. The summed E-state index contributed by atoms with van der Waals surface area (Å²) in [6.45, 7) is 12.3. The smallest absolute Gasteiger partial charge is 0.260 e. The molecule has 6 rings (SSSR count). The second kappa shape index (κ2) is 11.7. The molecule has 0 aromatic carbocycles. The van der Waals surface area contributed by atoms with E-state index in [-0.39, 0.29) is 11.8 Å². The average Bonchev–Trinajstić information content (AvgIpc) is 3.68. The maximum absolute atomic E-state index is 12.2. The molecule has 13 nitrogen and oxygen atoms in total. The molecule has 216 valence electrons. The van der Waals surface area contributed by atoms with Crippen molar-refractivity contribution in [2.24, 2.45) is 7.05 Å². The summed E-state index contributed by atoms with van der Waals surface area (Å²) in [7, 11) is 1.77. The molecular formula is C29H34N12O. The summed E-state index contributed by atoms with van der Waals surface area (Å²) in [5.74, 6) is 3.16. The Bertz CT molecular complexity index is 1840. The molecule has 42 heavy (non-hydrogen) atoms.